The van der Waals surface area contributed by atoms with Crippen molar-refractivity contribution in [2.75, 3.05) is 26.2 Å². The molecule has 0 radical (unpaired) electrons. The van der Waals surface area contributed by atoms with Gasteiger partial charge in [-0.05, 0) is 51.3 Å². The Bertz CT molecular complexity index is 605. The van der Waals surface area contributed by atoms with Gasteiger partial charge in [-0.25, -0.2) is 4.79 Å². The number of hydrogen-bond acceptors (Lipinski definition) is 2. The number of rotatable bonds is 4. The molecule has 1 aromatic rings. The summed E-state index contributed by atoms with van der Waals surface area (Å²) in [5, 5.41) is 6.37. The van der Waals surface area contributed by atoms with Crippen molar-refractivity contribution in [1.82, 2.24) is 15.5 Å². The van der Waals surface area contributed by atoms with E-state index in [2.05, 4.69) is 67.5 Å². The minimum absolute atomic E-state index is 0.0352. The molecule has 3 fully saturated rings. The van der Waals surface area contributed by atoms with Crippen LogP contribution in [0.25, 0.3) is 0 Å². The number of benzene rings is 1. The van der Waals surface area contributed by atoms with Crippen LogP contribution in [0, 0.1) is 12.8 Å². The lowest BCUT2D eigenvalue weighted by atomic mass is 9.74. The van der Waals surface area contributed by atoms with E-state index in [9.17, 15) is 4.79 Å². The number of carbonyl (C=O) groups is 1. The van der Waals surface area contributed by atoms with E-state index in [-0.39, 0.29) is 17.0 Å². The highest BCUT2D eigenvalue weighted by molar-refractivity contribution is 5.75. The molecular formula is C20H31N3O. The average molecular weight is 329 g/mol. The Kier molecular flexibility index (Phi) is 4.60. The van der Waals surface area contributed by atoms with Crippen molar-refractivity contribution < 1.29 is 4.79 Å². The van der Waals surface area contributed by atoms with E-state index in [0.29, 0.717) is 12.5 Å². The van der Waals surface area contributed by atoms with Gasteiger partial charge in [0.15, 0.2) is 0 Å². The van der Waals surface area contributed by atoms with Gasteiger partial charge in [-0.2, -0.15) is 0 Å². The highest BCUT2D eigenvalue weighted by Crippen LogP contribution is 2.35. The molecule has 4 heteroatoms. The second-order valence-corrected chi connectivity index (χ2v) is 8.53. The van der Waals surface area contributed by atoms with Gasteiger partial charge in [-0.3, -0.25) is 0 Å². The molecule has 24 heavy (non-hydrogen) atoms. The monoisotopic (exact) mass is 329 g/mol. The number of aryl methyl sites for hydroxylation is 1. The summed E-state index contributed by atoms with van der Waals surface area (Å²) in [6.07, 6.45) is 2.40. The third kappa shape index (κ3) is 3.59. The van der Waals surface area contributed by atoms with Gasteiger partial charge in [-0.15, -0.1) is 0 Å². The van der Waals surface area contributed by atoms with E-state index < -0.39 is 0 Å². The number of urea groups is 1. The van der Waals surface area contributed by atoms with Gasteiger partial charge >= 0.3 is 6.03 Å². The molecule has 2 amide bonds. The fraction of sp³-hybridized carbons (Fsp3) is 0.650. The molecule has 1 aromatic carbocycles. The molecule has 0 saturated carbocycles. The standard InChI is InChI=1S/C20H31N3O/c1-15-6-5-7-17(12-15)19(2,3)13-21-18(24)22-20(4)14-23-10-8-16(20)9-11-23/h5-7,12,16H,8-11,13-14H2,1-4H3,(H2,21,22,24). The second kappa shape index (κ2) is 6.40. The predicted molar refractivity (Wildman–Crippen MR) is 98.3 cm³/mol. The molecule has 0 aromatic heterocycles. The number of fused-ring (bicyclic) bond motifs is 3. The Labute approximate surface area is 146 Å². The number of nitrogens with zero attached hydrogens (tertiary/aromatic N) is 1. The van der Waals surface area contributed by atoms with Crippen molar-refractivity contribution in [2.45, 2.75) is 51.5 Å². The van der Waals surface area contributed by atoms with Crippen LogP contribution in [0.5, 0.6) is 0 Å². The smallest absolute Gasteiger partial charge is 0.315 e. The molecule has 2 bridgehead atoms. The SMILES string of the molecule is Cc1cccc(C(C)(C)CNC(=O)NC2(C)CN3CCC2CC3)c1. The Balaban J connectivity index is 1.57. The molecule has 1 atom stereocenters. The van der Waals surface area contributed by atoms with Crippen LogP contribution >= 0.6 is 0 Å². The number of piperidine rings is 3. The van der Waals surface area contributed by atoms with Gasteiger partial charge in [0.25, 0.3) is 0 Å². The summed E-state index contributed by atoms with van der Waals surface area (Å²) in [4.78, 5) is 15.0. The molecule has 2 N–H and O–H groups in total. The van der Waals surface area contributed by atoms with E-state index in [1.165, 1.54) is 37.1 Å². The third-order valence-corrected chi connectivity index (χ3v) is 5.93. The molecular weight excluding hydrogens is 298 g/mol. The maximum atomic E-state index is 12.5. The first kappa shape index (κ1) is 17.3. The van der Waals surface area contributed by atoms with E-state index in [4.69, 9.17) is 0 Å². The molecule has 132 valence electrons. The van der Waals surface area contributed by atoms with Gasteiger partial charge in [-0.1, -0.05) is 43.7 Å². The Hall–Kier alpha value is -1.55. The summed E-state index contributed by atoms with van der Waals surface area (Å²) in [6.45, 7) is 12.6. The van der Waals surface area contributed by atoms with Gasteiger partial charge in [0, 0.05) is 18.5 Å². The summed E-state index contributed by atoms with van der Waals surface area (Å²) in [7, 11) is 0. The van der Waals surface area contributed by atoms with Crippen LogP contribution in [0.3, 0.4) is 0 Å². The summed E-state index contributed by atoms with van der Waals surface area (Å²) in [5.41, 5.74) is 2.34. The summed E-state index contributed by atoms with van der Waals surface area (Å²) in [5.74, 6) is 0.609. The zero-order valence-electron chi connectivity index (χ0n) is 15.5. The normalized spacial score (nSPS) is 29.3. The minimum atomic E-state index is -0.0892. The van der Waals surface area contributed by atoms with Crippen molar-refractivity contribution in [3.8, 4) is 0 Å². The van der Waals surface area contributed by atoms with Crippen LogP contribution in [0.1, 0.15) is 44.7 Å². The predicted octanol–water partition coefficient (Wildman–Crippen LogP) is 3.06. The van der Waals surface area contributed by atoms with E-state index >= 15 is 0 Å². The van der Waals surface area contributed by atoms with E-state index in [1.54, 1.807) is 0 Å². The molecule has 3 aliphatic heterocycles. The zero-order valence-corrected chi connectivity index (χ0v) is 15.5. The summed E-state index contributed by atoms with van der Waals surface area (Å²) >= 11 is 0. The van der Waals surface area contributed by atoms with Crippen molar-refractivity contribution in [3.63, 3.8) is 0 Å². The number of carbonyl (C=O) groups excluding carboxylic acids is 1. The molecule has 1 unspecified atom stereocenters. The largest absolute Gasteiger partial charge is 0.337 e. The van der Waals surface area contributed by atoms with E-state index in [0.717, 1.165) is 6.54 Å². The highest BCUT2D eigenvalue weighted by Gasteiger charge is 2.44. The van der Waals surface area contributed by atoms with E-state index in [1.807, 2.05) is 0 Å². The van der Waals surface area contributed by atoms with Gasteiger partial charge < -0.3 is 15.5 Å². The first-order valence-electron chi connectivity index (χ1n) is 9.14. The molecule has 3 heterocycles. The first-order chi connectivity index (χ1) is 11.3. The quantitative estimate of drug-likeness (QED) is 0.892. The lowest BCUT2D eigenvalue weighted by Gasteiger charge is -2.51. The van der Waals surface area contributed by atoms with Crippen LogP contribution in [0.4, 0.5) is 4.79 Å². The highest BCUT2D eigenvalue weighted by atomic mass is 16.2. The Morgan fingerprint density at radius 1 is 1.33 bits per heavy atom. The van der Waals surface area contributed by atoms with Gasteiger partial charge in [0.1, 0.15) is 0 Å². The average Bonchev–Trinajstić information content (AvgIpc) is 2.53. The molecule has 0 aliphatic carbocycles. The number of amides is 2. The first-order valence-corrected chi connectivity index (χ1v) is 9.14. The van der Waals surface area contributed by atoms with Crippen molar-refractivity contribution in [1.29, 1.82) is 0 Å². The Morgan fingerprint density at radius 3 is 2.62 bits per heavy atom. The van der Waals surface area contributed by atoms with Crippen molar-refractivity contribution in [3.05, 3.63) is 35.4 Å². The fourth-order valence-electron chi connectivity index (χ4n) is 4.24. The molecule has 4 rings (SSSR count). The maximum Gasteiger partial charge on any atom is 0.315 e. The fourth-order valence-corrected chi connectivity index (χ4v) is 4.24. The summed E-state index contributed by atoms with van der Waals surface area (Å²) in [6, 6.07) is 8.50. The summed E-state index contributed by atoms with van der Waals surface area (Å²) < 4.78 is 0. The second-order valence-electron chi connectivity index (χ2n) is 8.53. The molecule has 3 saturated heterocycles. The topological polar surface area (TPSA) is 44.4 Å². The number of nitrogens with one attached hydrogen (secondary N) is 2. The maximum absolute atomic E-state index is 12.5. The van der Waals surface area contributed by atoms with Crippen LogP contribution in [0.2, 0.25) is 0 Å². The lowest BCUT2D eigenvalue weighted by Crippen LogP contribution is -2.66. The molecule has 4 nitrogen and oxygen atoms in total. The lowest BCUT2D eigenvalue weighted by molar-refractivity contribution is 0.0228. The third-order valence-electron chi connectivity index (χ3n) is 5.93. The van der Waals surface area contributed by atoms with Crippen molar-refractivity contribution in [2.24, 2.45) is 5.92 Å². The zero-order chi connectivity index (χ0) is 17.4. The van der Waals surface area contributed by atoms with Gasteiger partial charge in [0.2, 0.25) is 0 Å². The van der Waals surface area contributed by atoms with Crippen LogP contribution in [-0.2, 0) is 5.41 Å². The minimum Gasteiger partial charge on any atom is -0.337 e. The Morgan fingerprint density at radius 2 is 2.04 bits per heavy atom. The van der Waals surface area contributed by atoms with Crippen LogP contribution in [0.15, 0.2) is 24.3 Å². The van der Waals surface area contributed by atoms with Crippen LogP contribution < -0.4 is 10.6 Å². The van der Waals surface area contributed by atoms with Gasteiger partial charge in [0.05, 0.1) is 5.54 Å². The van der Waals surface area contributed by atoms with Crippen molar-refractivity contribution >= 4 is 6.03 Å². The molecule has 0 spiro atoms. The molecule has 3 aliphatic rings. The van der Waals surface area contributed by atoms with Crippen LogP contribution in [-0.4, -0.2) is 42.6 Å². The number of hydrogen-bond donors (Lipinski definition) is 2.